The topological polar surface area (TPSA) is 25.8 Å². The second-order valence-electron chi connectivity index (χ2n) is 11.0. The van der Waals surface area contributed by atoms with E-state index >= 15 is 0 Å². The summed E-state index contributed by atoms with van der Waals surface area (Å²) in [6, 6.07) is 51.9. The summed E-state index contributed by atoms with van der Waals surface area (Å²) in [5.41, 5.74) is 7.28. The lowest BCUT2D eigenvalue weighted by atomic mass is 9.92. The van der Waals surface area contributed by atoms with Gasteiger partial charge in [-0.05, 0) is 56.1 Å². The Hall–Kier alpha value is -5.60. The first-order chi connectivity index (χ1) is 20.8. The number of benzene rings is 7. The van der Waals surface area contributed by atoms with Gasteiger partial charge in [-0.3, -0.25) is 0 Å². The van der Waals surface area contributed by atoms with Crippen molar-refractivity contribution in [2.24, 2.45) is 0 Å². The molecular weight excluding hydrogens is 508 g/mol. The SMILES string of the molecule is c1ccc(-c2c3ccccc3nc3c2ccc2ccc(-c4ccc5c6ccccc6c6ccccc6c5c4)nc23)cc1. The molecule has 0 aliphatic heterocycles. The third-order valence-corrected chi connectivity index (χ3v) is 8.61. The minimum Gasteiger partial charge on any atom is -0.245 e. The van der Waals surface area contributed by atoms with Crippen molar-refractivity contribution in [2.75, 3.05) is 0 Å². The Kier molecular flexibility index (Phi) is 4.93. The average molecular weight is 533 g/mol. The van der Waals surface area contributed by atoms with E-state index in [9.17, 15) is 0 Å². The van der Waals surface area contributed by atoms with Crippen molar-refractivity contribution in [3.05, 3.63) is 146 Å². The third-order valence-electron chi connectivity index (χ3n) is 8.61. The van der Waals surface area contributed by atoms with Gasteiger partial charge >= 0.3 is 0 Å². The molecule has 42 heavy (non-hydrogen) atoms. The van der Waals surface area contributed by atoms with E-state index in [1.54, 1.807) is 0 Å². The lowest BCUT2D eigenvalue weighted by Gasteiger charge is -2.14. The van der Waals surface area contributed by atoms with Crippen LogP contribution in [0.1, 0.15) is 0 Å². The first kappa shape index (κ1) is 23.1. The summed E-state index contributed by atoms with van der Waals surface area (Å²) in [7, 11) is 0. The van der Waals surface area contributed by atoms with E-state index in [0.29, 0.717) is 0 Å². The van der Waals surface area contributed by atoms with Crippen LogP contribution in [0.4, 0.5) is 0 Å². The molecule has 0 bridgehead atoms. The standard InChI is InChI=1S/C40H24N2/c1-2-10-25(11-3-1)38-33-16-8-9-17-37(33)42-40-34(38)22-18-26-20-23-36(41-39(26)40)27-19-21-32-30-14-5-4-12-28(30)29-13-6-7-15-31(29)35(32)24-27/h1-24H. The van der Waals surface area contributed by atoms with E-state index in [1.165, 1.54) is 43.4 Å². The maximum Gasteiger partial charge on any atom is 0.0978 e. The van der Waals surface area contributed by atoms with Crippen molar-refractivity contribution in [3.8, 4) is 22.4 Å². The molecule has 9 rings (SSSR count). The van der Waals surface area contributed by atoms with Gasteiger partial charge in [-0.2, -0.15) is 0 Å². The Morgan fingerprint density at radius 3 is 1.64 bits per heavy atom. The van der Waals surface area contributed by atoms with Crippen molar-refractivity contribution >= 4 is 65.0 Å². The molecule has 0 spiro atoms. The summed E-state index contributed by atoms with van der Waals surface area (Å²) in [5, 5.41) is 11.0. The van der Waals surface area contributed by atoms with Crippen molar-refractivity contribution in [3.63, 3.8) is 0 Å². The summed E-state index contributed by atoms with van der Waals surface area (Å²) >= 11 is 0. The molecule has 2 nitrogen and oxygen atoms in total. The zero-order chi connectivity index (χ0) is 27.6. The van der Waals surface area contributed by atoms with Crippen molar-refractivity contribution in [1.82, 2.24) is 9.97 Å². The highest BCUT2D eigenvalue weighted by atomic mass is 14.8. The van der Waals surface area contributed by atoms with E-state index in [2.05, 4.69) is 146 Å². The van der Waals surface area contributed by atoms with Gasteiger partial charge in [0.1, 0.15) is 0 Å². The van der Waals surface area contributed by atoms with Gasteiger partial charge in [0.05, 0.1) is 22.2 Å². The Labute approximate surface area is 242 Å². The van der Waals surface area contributed by atoms with Gasteiger partial charge in [-0.15, -0.1) is 0 Å². The fraction of sp³-hybridized carbons (Fsp3) is 0. The second kappa shape index (κ2) is 8.95. The summed E-state index contributed by atoms with van der Waals surface area (Å²) in [4.78, 5) is 10.5. The Bertz CT molecular complexity index is 2480. The molecular formula is C40H24N2. The number of nitrogens with zero attached hydrogens (tertiary/aromatic N) is 2. The van der Waals surface area contributed by atoms with Gasteiger partial charge in [0.15, 0.2) is 0 Å². The van der Waals surface area contributed by atoms with Crippen LogP contribution in [0, 0.1) is 0 Å². The van der Waals surface area contributed by atoms with Gasteiger partial charge in [0.25, 0.3) is 0 Å². The molecule has 0 saturated carbocycles. The highest BCUT2D eigenvalue weighted by Gasteiger charge is 2.15. The normalized spacial score (nSPS) is 11.8. The fourth-order valence-electron chi connectivity index (χ4n) is 6.68. The van der Waals surface area contributed by atoms with Crippen LogP contribution in [0.2, 0.25) is 0 Å². The first-order valence-corrected chi connectivity index (χ1v) is 14.3. The molecule has 9 aromatic rings. The van der Waals surface area contributed by atoms with Crippen LogP contribution in [-0.4, -0.2) is 9.97 Å². The Morgan fingerprint density at radius 1 is 0.333 bits per heavy atom. The van der Waals surface area contributed by atoms with E-state index in [-0.39, 0.29) is 0 Å². The van der Waals surface area contributed by atoms with E-state index in [4.69, 9.17) is 9.97 Å². The van der Waals surface area contributed by atoms with Crippen LogP contribution in [0.25, 0.3) is 87.4 Å². The molecule has 0 saturated heterocycles. The number of fused-ring (bicyclic) bond motifs is 10. The molecule has 0 amide bonds. The quantitative estimate of drug-likeness (QED) is 0.163. The smallest absolute Gasteiger partial charge is 0.0978 e. The van der Waals surface area contributed by atoms with Crippen LogP contribution >= 0.6 is 0 Å². The molecule has 0 fully saturated rings. The molecule has 0 aliphatic rings. The summed E-state index contributed by atoms with van der Waals surface area (Å²) in [5.74, 6) is 0. The third kappa shape index (κ3) is 3.39. The number of para-hydroxylation sites is 1. The van der Waals surface area contributed by atoms with Crippen LogP contribution in [0.15, 0.2) is 146 Å². The van der Waals surface area contributed by atoms with Crippen LogP contribution < -0.4 is 0 Å². The van der Waals surface area contributed by atoms with Crippen molar-refractivity contribution in [2.45, 2.75) is 0 Å². The first-order valence-electron chi connectivity index (χ1n) is 14.3. The summed E-state index contributed by atoms with van der Waals surface area (Å²) < 4.78 is 0. The largest absolute Gasteiger partial charge is 0.245 e. The molecule has 0 atom stereocenters. The van der Waals surface area contributed by atoms with Crippen molar-refractivity contribution in [1.29, 1.82) is 0 Å². The number of hydrogen-bond donors (Lipinski definition) is 0. The summed E-state index contributed by atoms with van der Waals surface area (Å²) in [6.45, 7) is 0. The van der Waals surface area contributed by atoms with Crippen LogP contribution in [-0.2, 0) is 0 Å². The van der Waals surface area contributed by atoms with E-state index < -0.39 is 0 Å². The predicted octanol–water partition coefficient (Wildman–Crippen LogP) is 10.7. The summed E-state index contributed by atoms with van der Waals surface area (Å²) in [6.07, 6.45) is 0. The fourth-order valence-corrected chi connectivity index (χ4v) is 6.68. The predicted molar refractivity (Wildman–Crippen MR) is 178 cm³/mol. The minimum atomic E-state index is 0.927. The maximum absolute atomic E-state index is 5.30. The van der Waals surface area contributed by atoms with E-state index in [0.717, 1.165) is 44.0 Å². The number of aromatic nitrogens is 2. The highest BCUT2D eigenvalue weighted by Crippen LogP contribution is 2.39. The molecule has 194 valence electrons. The lowest BCUT2D eigenvalue weighted by Crippen LogP contribution is -1.93. The average Bonchev–Trinajstić information content (AvgIpc) is 3.07. The minimum absolute atomic E-state index is 0.927. The lowest BCUT2D eigenvalue weighted by molar-refractivity contribution is 1.40. The van der Waals surface area contributed by atoms with Gasteiger partial charge in [0, 0.05) is 27.3 Å². The highest BCUT2D eigenvalue weighted by molar-refractivity contribution is 6.25. The number of hydrogen-bond acceptors (Lipinski definition) is 2. The molecule has 7 aromatic carbocycles. The molecule has 0 aliphatic carbocycles. The molecule has 0 unspecified atom stereocenters. The maximum atomic E-state index is 5.30. The van der Waals surface area contributed by atoms with Gasteiger partial charge in [-0.25, -0.2) is 9.97 Å². The zero-order valence-electron chi connectivity index (χ0n) is 22.8. The Balaban J connectivity index is 1.33. The zero-order valence-corrected chi connectivity index (χ0v) is 22.8. The van der Waals surface area contributed by atoms with Gasteiger partial charge in [0.2, 0.25) is 0 Å². The number of pyridine rings is 2. The molecule has 0 N–H and O–H groups in total. The molecule has 2 aromatic heterocycles. The molecule has 0 radical (unpaired) electrons. The molecule has 2 heteroatoms. The van der Waals surface area contributed by atoms with Crippen molar-refractivity contribution < 1.29 is 0 Å². The van der Waals surface area contributed by atoms with Gasteiger partial charge < -0.3 is 0 Å². The Morgan fingerprint density at radius 2 is 0.905 bits per heavy atom. The van der Waals surface area contributed by atoms with E-state index in [1.807, 2.05) is 0 Å². The number of rotatable bonds is 2. The second-order valence-corrected chi connectivity index (χ2v) is 11.0. The van der Waals surface area contributed by atoms with Gasteiger partial charge in [-0.1, -0.05) is 127 Å². The van der Waals surface area contributed by atoms with Crippen LogP contribution in [0.5, 0.6) is 0 Å². The molecule has 2 heterocycles. The van der Waals surface area contributed by atoms with Crippen LogP contribution in [0.3, 0.4) is 0 Å². The monoisotopic (exact) mass is 532 g/mol.